The number of fused-ring (bicyclic) bond motifs is 3. The van der Waals surface area contributed by atoms with Crippen LogP contribution in [0.25, 0.3) is 11.6 Å². The first kappa shape index (κ1) is 34.3. The molecule has 5 atom stereocenters. The van der Waals surface area contributed by atoms with Crippen LogP contribution in [0.2, 0.25) is 0 Å². The van der Waals surface area contributed by atoms with Gasteiger partial charge >= 0.3 is 5.97 Å². The number of ketones is 2. The van der Waals surface area contributed by atoms with Crippen molar-refractivity contribution >= 4 is 29.2 Å². The Labute approximate surface area is 293 Å². The second kappa shape index (κ2) is 13.5. The number of carbonyl (C=O) groups is 3. The number of esters is 1. The van der Waals surface area contributed by atoms with Crippen molar-refractivity contribution in [2.75, 3.05) is 0 Å². The van der Waals surface area contributed by atoms with E-state index in [4.69, 9.17) is 14.2 Å². The smallest absolute Gasteiger partial charge is 0.308 e. The fourth-order valence-corrected chi connectivity index (χ4v) is 7.11. The molecule has 0 unspecified atom stereocenters. The van der Waals surface area contributed by atoms with E-state index in [-0.39, 0.29) is 52.3 Å². The van der Waals surface area contributed by atoms with Crippen LogP contribution in [0.3, 0.4) is 0 Å². The van der Waals surface area contributed by atoms with Gasteiger partial charge in [0.05, 0.1) is 18.3 Å². The molecule has 2 aliphatic carbocycles. The van der Waals surface area contributed by atoms with Crippen LogP contribution in [-0.2, 0) is 29.0 Å². The Balaban J connectivity index is 1.41. The monoisotopic (exact) mass is 692 g/mol. The Bertz CT molecular complexity index is 2120. The summed E-state index contributed by atoms with van der Waals surface area (Å²) in [5.41, 5.74) is 3.91. The van der Waals surface area contributed by atoms with Crippen LogP contribution in [-0.4, -0.2) is 73.8 Å². The van der Waals surface area contributed by atoms with Crippen molar-refractivity contribution in [3.8, 4) is 17.2 Å². The van der Waals surface area contributed by atoms with E-state index in [9.17, 15) is 39.9 Å². The van der Waals surface area contributed by atoms with Gasteiger partial charge in [0, 0.05) is 41.2 Å². The molecule has 3 aliphatic rings. The summed E-state index contributed by atoms with van der Waals surface area (Å²) < 4.78 is 17.4. The van der Waals surface area contributed by atoms with Crippen molar-refractivity contribution in [3.05, 3.63) is 122 Å². The summed E-state index contributed by atoms with van der Waals surface area (Å²) in [6, 6.07) is 18.9. The van der Waals surface area contributed by atoms with E-state index in [1.54, 1.807) is 24.3 Å². The second-order valence-electron chi connectivity index (χ2n) is 13.1. The molecule has 0 spiro atoms. The number of aliphatic hydroxyl groups excluding tert-OH is 4. The van der Waals surface area contributed by atoms with Crippen LogP contribution in [0.4, 0.5) is 0 Å². The molecular formula is C40H36O11. The van der Waals surface area contributed by atoms with E-state index in [1.807, 2.05) is 30.3 Å². The van der Waals surface area contributed by atoms with E-state index < -0.39 is 54.0 Å². The lowest BCUT2D eigenvalue weighted by atomic mass is 9.77. The van der Waals surface area contributed by atoms with Crippen molar-refractivity contribution in [3.63, 3.8) is 0 Å². The summed E-state index contributed by atoms with van der Waals surface area (Å²) in [5, 5.41) is 53.2. The Morgan fingerprint density at radius 2 is 1.57 bits per heavy atom. The average molecular weight is 693 g/mol. The number of benzene rings is 4. The molecule has 1 heterocycles. The maximum atomic E-state index is 14.7. The lowest BCUT2D eigenvalue weighted by Gasteiger charge is -2.39. The van der Waals surface area contributed by atoms with Gasteiger partial charge in [0.25, 0.3) is 0 Å². The Kier molecular flexibility index (Phi) is 9.09. The third-order valence-corrected chi connectivity index (χ3v) is 9.71. The molecule has 4 aromatic rings. The van der Waals surface area contributed by atoms with Gasteiger partial charge in [0.2, 0.25) is 6.29 Å². The van der Waals surface area contributed by atoms with Gasteiger partial charge < -0.3 is 39.7 Å². The Morgan fingerprint density at radius 1 is 0.824 bits per heavy atom. The fourth-order valence-electron chi connectivity index (χ4n) is 7.11. The van der Waals surface area contributed by atoms with Gasteiger partial charge in [-0.05, 0) is 65.8 Å². The number of carbonyl (C=O) groups excluding carboxylic acids is 3. The minimum absolute atomic E-state index is 0.00625. The van der Waals surface area contributed by atoms with Crippen molar-refractivity contribution in [1.29, 1.82) is 0 Å². The molecule has 1 aliphatic heterocycles. The van der Waals surface area contributed by atoms with Crippen LogP contribution < -0.4 is 9.47 Å². The Morgan fingerprint density at radius 3 is 2.33 bits per heavy atom. The molecule has 0 amide bonds. The molecule has 262 valence electrons. The minimum atomic E-state index is -1.71. The van der Waals surface area contributed by atoms with E-state index in [2.05, 4.69) is 0 Å². The molecule has 1 saturated heterocycles. The van der Waals surface area contributed by atoms with Gasteiger partial charge in [-0.2, -0.15) is 0 Å². The zero-order chi connectivity index (χ0) is 36.1. The molecular weight excluding hydrogens is 656 g/mol. The zero-order valence-corrected chi connectivity index (χ0v) is 27.8. The van der Waals surface area contributed by atoms with Crippen LogP contribution in [0.1, 0.15) is 85.5 Å². The average Bonchev–Trinajstić information content (AvgIpc) is 3.12. The highest BCUT2D eigenvalue weighted by molar-refractivity contribution is 6.31. The molecule has 51 heavy (non-hydrogen) atoms. The molecule has 7 rings (SSSR count). The quantitative estimate of drug-likeness (QED) is 0.123. The third kappa shape index (κ3) is 6.13. The molecule has 11 nitrogen and oxygen atoms in total. The van der Waals surface area contributed by atoms with E-state index in [1.165, 1.54) is 32.0 Å². The first-order chi connectivity index (χ1) is 24.5. The molecule has 0 aromatic heterocycles. The summed E-state index contributed by atoms with van der Waals surface area (Å²) in [6.45, 7) is 2.49. The number of phenols is 1. The number of phenolic OH excluding ortho intramolecular Hbond substituents is 1. The van der Waals surface area contributed by atoms with Crippen LogP contribution >= 0.6 is 0 Å². The number of rotatable bonds is 7. The summed E-state index contributed by atoms with van der Waals surface area (Å²) in [4.78, 5) is 41.3. The number of aryl methyl sites for hydroxylation is 1. The largest absolute Gasteiger partial charge is 0.507 e. The molecule has 5 N–H and O–H groups in total. The van der Waals surface area contributed by atoms with E-state index >= 15 is 0 Å². The van der Waals surface area contributed by atoms with Crippen molar-refractivity contribution in [1.82, 2.24) is 0 Å². The molecule has 11 heteroatoms. The number of ether oxygens (including phenoxy) is 3. The number of hydrogen-bond acceptors (Lipinski definition) is 11. The number of hydrogen-bond donors (Lipinski definition) is 5. The highest BCUT2D eigenvalue weighted by Gasteiger charge is 2.44. The van der Waals surface area contributed by atoms with Crippen molar-refractivity contribution in [2.45, 2.75) is 70.4 Å². The number of aromatic hydroxyl groups is 1. The number of allylic oxidation sites excluding steroid dienone is 1. The van der Waals surface area contributed by atoms with Crippen LogP contribution in [0, 0.1) is 0 Å². The first-order valence-electron chi connectivity index (χ1n) is 16.6. The van der Waals surface area contributed by atoms with Gasteiger partial charge in [-0.1, -0.05) is 54.6 Å². The molecule has 0 radical (unpaired) electrons. The van der Waals surface area contributed by atoms with Gasteiger partial charge in [-0.25, -0.2) is 0 Å². The predicted molar refractivity (Wildman–Crippen MR) is 184 cm³/mol. The first-order valence-corrected chi connectivity index (χ1v) is 16.6. The molecule has 1 fully saturated rings. The van der Waals surface area contributed by atoms with Gasteiger partial charge in [-0.3, -0.25) is 14.4 Å². The van der Waals surface area contributed by atoms with Crippen LogP contribution in [0.15, 0.2) is 66.7 Å². The maximum absolute atomic E-state index is 14.7. The summed E-state index contributed by atoms with van der Waals surface area (Å²) in [5.74, 6) is -2.42. The minimum Gasteiger partial charge on any atom is -0.507 e. The third-order valence-electron chi connectivity index (χ3n) is 9.71. The highest BCUT2D eigenvalue weighted by atomic mass is 16.7. The maximum Gasteiger partial charge on any atom is 0.308 e. The van der Waals surface area contributed by atoms with Crippen LogP contribution in [0.5, 0.6) is 17.2 Å². The highest BCUT2D eigenvalue weighted by Crippen LogP contribution is 2.46. The SMILES string of the molecule is CC(=O)Oc1ccc2c(c1C1=Cc3ccccc3CC1)C(=O)c1cc(O[C@H]3O[C@H](C)[C@@H](O)[C@@H](O)[C@H]3O)c(Cc3cccc(CO)c3)c(O)c1C2=O. The summed E-state index contributed by atoms with van der Waals surface area (Å²) in [6.07, 6.45) is -4.20. The molecule has 0 saturated carbocycles. The number of aliphatic hydroxyl groups is 4. The second-order valence-corrected chi connectivity index (χ2v) is 13.1. The zero-order valence-electron chi connectivity index (χ0n) is 27.8. The Hall–Kier alpha value is -5.17. The lowest BCUT2D eigenvalue weighted by molar-refractivity contribution is -0.268. The van der Waals surface area contributed by atoms with Gasteiger partial charge in [-0.15, -0.1) is 0 Å². The fraction of sp³-hybridized carbons (Fsp3) is 0.275. The molecule has 0 bridgehead atoms. The lowest BCUT2D eigenvalue weighted by Crippen LogP contribution is -2.58. The normalized spacial score (nSPS) is 22.4. The van der Waals surface area contributed by atoms with Gasteiger partial charge in [0.1, 0.15) is 35.6 Å². The topological polar surface area (TPSA) is 180 Å². The van der Waals surface area contributed by atoms with Gasteiger partial charge in [0.15, 0.2) is 11.6 Å². The standard InChI is InChI=1S/C40H36O11/c1-19-34(43)38(47)39(48)40(49-19)51-30-17-28-33(36(45)27(30)15-21-6-5-7-22(14-21)18-41)35(44)26-12-13-29(50-20(2)42)31(32(26)37(28)46)25-11-10-23-8-3-4-9-24(23)16-25/h3-9,12-14,16-17,19,34,38-41,43,45,47-48H,10-11,15,18H2,1-2H3/t19-,34-,38-,39-,40-/m1/s1. The summed E-state index contributed by atoms with van der Waals surface area (Å²) >= 11 is 0. The van der Waals surface area contributed by atoms with Crippen molar-refractivity contribution < 1.29 is 54.1 Å². The van der Waals surface area contributed by atoms with Crippen molar-refractivity contribution in [2.24, 2.45) is 0 Å². The predicted octanol–water partition coefficient (Wildman–Crippen LogP) is 3.87. The van der Waals surface area contributed by atoms with E-state index in [0.29, 0.717) is 35.1 Å². The molecule has 4 aromatic carbocycles. The summed E-state index contributed by atoms with van der Waals surface area (Å²) in [7, 11) is 0. The van der Waals surface area contributed by atoms with E-state index in [0.717, 1.165) is 11.1 Å².